The molecule has 1 unspecified atom stereocenters. The van der Waals surface area contributed by atoms with Crippen LogP contribution in [-0.4, -0.2) is 33.4 Å². The zero-order valence-electron chi connectivity index (χ0n) is 19.8. The number of nitrogens with two attached hydrogens (primary N) is 1. The van der Waals surface area contributed by atoms with Crippen LogP contribution in [0.15, 0.2) is 91.0 Å². The van der Waals surface area contributed by atoms with Gasteiger partial charge in [0.1, 0.15) is 24.1 Å². The normalized spacial score (nSPS) is 11.5. The largest absolute Gasteiger partial charge is 0.489 e. The van der Waals surface area contributed by atoms with Crippen LogP contribution < -0.4 is 15.8 Å². The molecule has 4 rings (SSSR count). The van der Waals surface area contributed by atoms with Crippen LogP contribution in [0.3, 0.4) is 0 Å². The Kier molecular flexibility index (Phi) is 7.55. The number of aryl methyl sites for hydroxylation is 1. The fourth-order valence-corrected chi connectivity index (χ4v) is 3.74. The summed E-state index contributed by atoms with van der Waals surface area (Å²) in [5.41, 5.74) is 8.50. The van der Waals surface area contributed by atoms with Gasteiger partial charge in [-0.25, -0.2) is 4.68 Å². The van der Waals surface area contributed by atoms with E-state index in [4.69, 9.17) is 10.5 Å². The van der Waals surface area contributed by atoms with Crippen LogP contribution in [0.25, 0.3) is 5.69 Å². The van der Waals surface area contributed by atoms with Crippen LogP contribution in [0.5, 0.6) is 5.75 Å². The van der Waals surface area contributed by atoms with Crippen molar-refractivity contribution in [1.29, 1.82) is 0 Å². The van der Waals surface area contributed by atoms with E-state index in [9.17, 15) is 14.4 Å². The van der Waals surface area contributed by atoms with Gasteiger partial charge in [0.25, 0.3) is 11.8 Å². The molecule has 0 saturated heterocycles. The minimum Gasteiger partial charge on any atom is -0.489 e. The lowest BCUT2D eigenvalue weighted by Crippen LogP contribution is -2.47. The zero-order chi connectivity index (χ0) is 25.5. The summed E-state index contributed by atoms with van der Waals surface area (Å²) >= 11 is 0. The Balaban J connectivity index is 1.51. The first kappa shape index (κ1) is 24.4. The summed E-state index contributed by atoms with van der Waals surface area (Å²) < 4.78 is 7.28. The summed E-state index contributed by atoms with van der Waals surface area (Å²) in [6.45, 7) is 2.16. The lowest BCUT2D eigenvalue weighted by molar-refractivity contribution is -0.137. The maximum Gasteiger partial charge on any atom is 0.287 e. The monoisotopic (exact) mass is 482 g/mol. The van der Waals surface area contributed by atoms with Gasteiger partial charge in [-0.15, -0.1) is 0 Å². The molecule has 182 valence electrons. The summed E-state index contributed by atoms with van der Waals surface area (Å²) in [4.78, 5) is 37.3. The van der Waals surface area contributed by atoms with Crippen LogP contribution in [0.1, 0.15) is 27.3 Å². The van der Waals surface area contributed by atoms with Gasteiger partial charge in [0.2, 0.25) is 5.78 Å². The van der Waals surface area contributed by atoms with E-state index in [-0.39, 0.29) is 12.1 Å². The van der Waals surface area contributed by atoms with Crippen LogP contribution >= 0.6 is 0 Å². The molecule has 4 aromatic rings. The number of nitrogens with one attached hydrogen (secondary N) is 1. The molecule has 1 aromatic heterocycles. The molecule has 8 nitrogen and oxygen atoms in total. The highest BCUT2D eigenvalue weighted by Crippen LogP contribution is 2.17. The van der Waals surface area contributed by atoms with Gasteiger partial charge in [-0.3, -0.25) is 14.4 Å². The van der Waals surface area contributed by atoms with Crippen molar-refractivity contribution in [1.82, 2.24) is 15.1 Å². The molecule has 8 heteroatoms. The second-order valence-electron chi connectivity index (χ2n) is 8.30. The van der Waals surface area contributed by atoms with E-state index in [1.807, 2.05) is 84.9 Å². The molecule has 36 heavy (non-hydrogen) atoms. The average Bonchev–Trinajstić information content (AvgIpc) is 3.30. The van der Waals surface area contributed by atoms with Gasteiger partial charge in [0.05, 0.1) is 11.4 Å². The first-order valence-corrected chi connectivity index (χ1v) is 11.4. The zero-order valence-corrected chi connectivity index (χ0v) is 19.8. The van der Waals surface area contributed by atoms with Gasteiger partial charge < -0.3 is 15.8 Å². The minimum absolute atomic E-state index is 0.136. The molecule has 2 amide bonds. The van der Waals surface area contributed by atoms with Gasteiger partial charge >= 0.3 is 0 Å². The van der Waals surface area contributed by atoms with Crippen molar-refractivity contribution in [2.75, 3.05) is 0 Å². The number of benzene rings is 3. The fourth-order valence-electron chi connectivity index (χ4n) is 3.74. The molecule has 3 N–H and O–H groups in total. The Hall–Kier alpha value is -4.72. The number of rotatable bonds is 10. The summed E-state index contributed by atoms with van der Waals surface area (Å²) in [5, 5.41) is 7.11. The summed E-state index contributed by atoms with van der Waals surface area (Å²) in [6, 6.07) is 26.6. The number of ether oxygens (including phenoxy) is 1. The molecule has 0 aliphatic carbocycles. The lowest BCUT2D eigenvalue weighted by atomic mass is 10.0. The van der Waals surface area contributed by atoms with E-state index in [0.717, 1.165) is 16.9 Å². The van der Waals surface area contributed by atoms with Crippen molar-refractivity contribution in [3.63, 3.8) is 0 Å². The number of hydrogen-bond donors (Lipinski definition) is 2. The number of amides is 2. The third kappa shape index (κ3) is 6.04. The Bertz CT molecular complexity index is 1350. The molecule has 0 saturated carbocycles. The SMILES string of the molecule is Cc1cc(C(=O)NC(Cc2ccccc2)C(=O)C(N)=O)n(-c2ccc(COc3ccccc3)cc2)n1. The van der Waals surface area contributed by atoms with Crippen LogP contribution in [0, 0.1) is 6.92 Å². The molecule has 0 aliphatic heterocycles. The van der Waals surface area contributed by atoms with E-state index in [1.165, 1.54) is 4.68 Å². The number of Topliss-reactive ketones (excluding diaryl/α,β-unsaturated/α-hetero) is 1. The predicted molar refractivity (Wildman–Crippen MR) is 135 cm³/mol. The highest BCUT2D eigenvalue weighted by atomic mass is 16.5. The molecule has 0 radical (unpaired) electrons. The number of primary amides is 1. The second kappa shape index (κ2) is 11.1. The molecule has 0 bridgehead atoms. The van der Waals surface area contributed by atoms with Gasteiger partial charge in [-0.2, -0.15) is 5.10 Å². The number of carbonyl (C=O) groups excluding carboxylic acids is 3. The third-order valence-electron chi connectivity index (χ3n) is 5.54. The molecular weight excluding hydrogens is 456 g/mol. The summed E-state index contributed by atoms with van der Waals surface area (Å²) in [5.74, 6) is -1.73. The maximum atomic E-state index is 13.2. The minimum atomic E-state index is -1.10. The highest BCUT2D eigenvalue weighted by Gasteiger charge is 2.27. The van der Waals surface area contributed by atoms with Crippen molar-refractivity contribution in [2.24, 2.45) is 5.73 Å². The summed E-state index contributed by atoms with van der Waals surface area (Å²) in [7, 11) is 0. The van der Waals surface area contributed by atoms with Crippen molar-refractivity contribution in [2.45, 2.75) is 26.0 Å². The molecule has 1 atom stereocenters. The van der Waals surface area contributed by atoms with E-state index >= 15 is 0 Å². The number of para-hydroxylation sites is 1. The van der Waals surface area contributed by atoms with Gasteiger partial charge in [0.15, 0.2) is 0 Å². The Morgan fingerprint density at radius 3 is 2.19 bits per heavy atom. The number of aromatic nitrogens is 2. The van der Waals surface area contributed by atoms with E-state index in [1.54, 1.807) is 13.0 Å². The highest BCUT2D eigenvalue weighted by molar-refractivity contribution is 6.38. The average molecular weight is 483 g/mol. The van der Waals surface area contributed by atoms with E-state index in [0.29, 0.717) is 18.0 Å². The van der Waals surface area contributed by atoms with Gasteiger partial charge in [-0.05, 0) is 48.4 Å². The Labute approximate surface area is 208 Å². The first-order chi connectivity index (χ1) is 17.4. The van der Waals surface area contributed by atoms with Gasteiger partial charge in [0, 0.05) is 6.42 Å². The van der Waals surface area contributed by atoms with Crippen LogP contribution in [0.4, 0.5) is 0 Å². The topological polar surface area (TPSA) is 116 Å². The summed E-state index contributed by atoms with van der Waals surface area (Å²) in [6.07, 6.45) is 0.136. The molecular formula is C28H26N4O4. The van der Waals surface area contributed by atoms with Crippen molar-refractivity contribution < 1.29 is 19.1 Å². The molecule has 1 heterocycles. The molecule has 0 fully saturated rings. The quantitative estimate of drug-likeness (QED) is 0.337. The van der Waals surface area contributed by atoms with Crippen LogP contribution in [-0.2, 0) is 22.6 Å². The second-order valence-corrected chi connectivity index (χ2v) is 8.30. The molecule has 3 aromatic carbocycles. The maximum absolute atomic E-state index is 13.2. The van der Waals surface area contributed by atoms with Crippen molar-refractivity contribution in [3.05, 3.63) is 114 Å². The number of hydrogen-bond acceptors (Lipinski definition) is 5. The third-order valence-corrected chi connectivity index (χ3v) is 5.54. The Morgan fingerprint density at radius 1 is 0.917 bits per heavy atom. The van der Waals surface area contributed by atoms with Gasteiger partial charge in [-0.1, -0.05) is 60.7 Å². The van der Waals surface area contributed by atoms with E-state index < -0.39 is 23.6 Å². The Morgan fingerprint density at radius 2 is 1.56 bits per heavy atom. The molecule has 0 aliphatic rings. The van der Waals surface area contributed by atoms with E-state index in [2.05, 4.69) is 10.4 Å². The fraction of sp³-hybridized carbons (Fsp3) is 0.143. The predicted octanol–water partition coefficient (Wildman–Crippen LogP) is 3.16. The number of ketones is 1. The first-order valence-electron chi connectivity index (χ1n) is 11.4. The number of nitrogens with zero attached hydrogens (tertiary/aromatic N) is 2. The van der Waals surface area contributed by atoms with Crippen molar-refractivity contribution in [3.8, 4) is 11.4 Å². The standard InChI is InChI=1S/C28H26N4O4/c1-19-16-25(28(35)30-24(26(33)27(29)34)17-20-8-4-2-5-9-20)32(31-19)22-14-12-21(13-15-22)18-36-23-10-6-3-7-11-23/h2-16,24H,17-18H2,1H3,(H2,29,34)(H,30,35). The molecule has 0 spiro atoms. The van der Waals surface area contributed by atoms with Crippen LogP contribution in [0.2, 0.25) is 0 Å². The van der Waals surface area contributed by atoms with Crippen molar-refractivity contribution >= 4 is 17.6 Å². The number of carbonyl (C=O) groups is 3. The smallest absolute Gasteiger partial charge is 0.287 e. The lowest BCUT2D eigenvalue weighted by Gasteiger charge is -2.17.